The van der Waals surface area contributed by atoms with Crippen LogP contribution in [0.4, 0.5) is 4.79 Å². The van der Waals surface area contributed by atoms with Crippen LogP contribution in [-0.4, -0.2) is 53.1 Å². The van der Waals surface area contributed by atoms with Crippen LogP contribution in [0.25, 0.3) is 0 Å². The van der Waals surface area contributed by atoms with Crippen molar-refractivity contribution in [3.05, 3.63) is 0 Å². The van der Waals surface area contributed by atoms with Crippen molar-refractivity contribution >= 4 is 12.0 Å². The molecule has 1 atom stereocenters. The van der Waals surface area contributed by atoms with Gasteiger partial charge < -0.3 is 14.5 Å². The zero-order valence-electron chi connectivity index (χ0n) is 15.3. The van der Waals surface area contributed by atoms with Crippen LogP contribution in [0.2, 0.25) is 0 Å². The molecule has 2 fully saturated rings. The highest BCUT2D eigenvalue weighted by Crippen LogP contribution is 2.30. The first-order valence-electron chi connectivity index (χ1n) is 8.96. The maximum Gasteiger partial charge on any atom is 0.410 e. The van der Waals surface area contributed by atoms with Crippen molar-refractivity contribution in [1.82, 2.24) is 9.80 Å². The van der Waals surface area contributed by atoms with E-state index in [4.69, 9.17) is 4.74 Å². The second-order valence-electron chi connectivity index (χ2n) is 8.26. The SMILES string of the molecule is C[C@H]1CN(C(=O)[C@H]2CC[C@@H](C)CC2)CCN1C(=O)OC(C)(C)C. The summed E-state index contributed by atoms with van der Waals surface area (Å²) < 4.78 is 5.45. The van der Waals surface area contributed by atoms with Crippen molar-refractivity contribution in [2.75, 3.05) is 19.6 Å². The Hall–Kier alpha value is -1.26. The molecule has 0 radical (unpaired) electrons. The molecule has 0 aromatic rings. The van der Waals surface area contributed by atoms with Gasteiger partial charge in [0.15, 0.2) is 0 Å². The van der Waals surface area contributed by atoms with Gasteiger partial charge >= 0.3 is 6.09 Å². The molecule has 0 aromatic heterocycles. The molecule has 1 saturated carbocycles. The van der Waals surface area contributed by atoms with Gasteiger partial charge in [0, 0.05) is 31.6 Å². The Balaban J connectivity index is 1.88. The van der Waals surface area contributed by atoms with E-state index in [1.54, 1.807) is 4.90 Å². The molecule has 1 aliphatic heterocycles. The van der Waals surface area contributed by atoms with E-state index in [2.05, 4.69) is 6.92 Å². The van der Waals surface area contributed by atoms with Gasteiger partial charge in [0.05, 0.1) is 0 Å². The third-order valence-corrected chi connectivity index (χ3v) is 4.93. The van der Waals surface area contributed by atoms with Crippen molar-refractivity contribution in [2.24, 2.45) is 11.8 Å². The van der Waals surface area contributed by atoms with E-state index in [0.29, 0.717) is 19.6 Å². The van der Waals surface area contributed by atoms with Crippen LogP contribution in [-0.2, 0) is 9.53 Å². The lowest BCUT2D eigenvalue weighted by molar-refractivity contribution is -0.139. The molecule has 2 aliphatic rings. The van der Waals surface area contributed by atoms with Crippen LogP contribution in [0.1, 0.15) is 60.3 Å². The quantitative estimate of drug-likeness (QED) is 0.744. The predicted octanol–water partition coefficient (Wildman–Crippen LogP) is 3.28. The third kappa shape index (κ3) is 4.85. The second-order valence-corrected chi connectivity index (χ2v) is 8.26. The molecule has 0 unspecified atom stereocenters. The third-order valence-electron chi connectivity index (χ3n) is 4.93. The van der Waals surface area contributed by atoms with Gasteiger partial charge in [-0.25, -0.2) is 4.79 Å². The maximum atomic E-state index is 12.7. The molecule has 0 spiro atoms. The first-order valence-corrected chi connectivity index (χ1v) is 8.96. The fraction of sp³-hybridized carbons (Fsp3) is 0.889. The van der Waals surface area contributed by atoms with Crippen molar-refractivity contribution in [2.45, 2.75) is 71.9 Å². The number of hydrogen-bond acceptors (Lipinski definition) is 3. The summed E-state index contributed by atoms with van der Waals surface area (Å²) in [5.74, 6) is 1.22. The Labute approximate surface area is 140 Å². The summed E-state index contributed by atoms with van der Waals surface area (Å²) >= 11 is 0. The van der Waals surface area contributed by atoms with Crippen molar-refractivity contribution in [1.29, 1.82) is 0 Å². The van der Waals surface area contributed by atoms with Gasteiger partial charge in [-0.3, -0.25) is 4.79 Å². The summed E-state index contributed by atoms with van der Waals surface area (Å²) in [6, 6.07) is 0.00469. The number of carbonyl (C=O) groups excluding carboxylic acids is 2. The van der Waals surface area contributed by atoms with E-state index in [9.17, 15) is 9.59 Å². The molecule has 2 rings (SSSR count). The molecule has 2 amide bonds. The van der Waals surface area contributed by atoms with Crippen LogP contribution in [0.5, 0.6) is 0 Å². The molecule has 1 saturated heterocycles. The van der Waals surface area contributed by atoms with E-state index >= 15 is 0 Å². The number of ether oxygens (including phenoxy) is 1. The fourth-order valence-electron chi connectivity index (χ4n) is 3.51. The minimum Gasteiger partial charge on any atom is -0.444 e. The predicted molar refractivity (Wildman–Crippen MR) is 90.1 cm³/mol. The Kier molecular flexibility index (Phi) is 5.58. The zero-order chi connectivity index (χ0) is 17.2. The van der Waals surface area contributed by atoms with Gasteiger partial charge in [-0.1, -0.05) is 6.92 Å². The van der Waals surface area contributed by atoms with Crippen LogP contribution in [0.3, 0.4) is 0 Å². The van der Waals surface area contributed by atoms with Crippen LogP contribution < -0.4 is 0 Å². The van der Waals surface area contributed by atoms with Gasteiger partial charge in [0.2, 0.25) is 5.91 Å². The molecular weight excluding hydrogens is 292 g/mol. The minimum atomic E-state index is -0.484. The van der Waals surface area contributed by atoms with Crippen LogP contribution in [0.15, 0.2) is 0 Å². The summed E-state index contributed by atoms with van der Waals surface area (Å²) in [5.41, 5.74) is -0.484. The number of amides is 2. The summed E-state index contributed by atoms with van der Waals surface area (Å²) in [4.78, 5) is 28.6. The molecule has 5 heteroatoms. The zero-order valence-corrected chi connectivity index (χ0v) is 15.3. The molecule has 0 aromatic carbocycles. The van der Waals surface area contributed by atoms with Crippen molar-refractivity contribution < 1.29 is 14.3 Å². The maximum absolute atomic E-state index is 12.7. The summed E-state index contributed by atoms with van der Waals surface area (Å²) in [5, 5.41) is 0. The molecule has 0 N–H and O–H groups in total. The Bertz CT molecular complexity index is 436. The molecule has 1 aliphatic carbocycles. The van der Waals surface area contributed by atoms with Gasteiger partial charge in [-0.05, 0) is 59.3 Å². The lowest BCUT2D eigenvalue weighted by Gasteiger charge is -2.41. The van der Waals surface area contributed by atoms with Gasteiger partial charge in [0.1, 0.15) is 5.60 Å². The highest BCUT2D eigenvalue weighted by molar-refractivity contribution is 5.79. The number of carbonyl (C=O) groups is 2. The Morgan fingerprint density at radius 3 is 2.13 bits per heavy atom. The van der Waals surface area contributed by atoms with Gasteiger partial charge in [-0.15, -0.1) is 0 Å². The van der Waals surface area contributed by atoms with E-state index in [1.165, 1.54) is 0 Å². The Morgan fingerprint density at radius 1 is 1.00 bits per heavy atom. The van der Waals surface area contributed by atoms with E-state index in [-0.39, 0.29) is 24.0 Å². The second kappa shape index (κ2) is 7.10. The topological polar surface area (TPSA) is 49.9 Å². The van der Waals surface area contributed by atoms with Crippen LogP contribution >= 0.6 is 0 Å². The lowest BCUT2D eigenvalue weighted by atomic mass is 9.82. The van der Waals surface area contributed by atoms with E-state index in [0.717, 1.165) is 31.6 Å². The summed E-state index contributed by atoms with van der Waals surface area (Å²) in [6.45, 7) is 11.7. The lowest BCUT2D eigenvalue weighted by Crippen LogP contribution is -2.57. The summed E-state index contributed by atoms with van der Waals surface area (Å²) in [6.07, 6.45) is 4.07. The van der Waals surface area contributed by atoms with Gasteiger partial charge in [0.25, 0.3) is 0 Å². The standard InChI is InChI=1S/C18H32N2O3/c1-13-6-8-15(9-7-13)16(21)19-10-11-20(14(2)12-19)17(22)23-18(3,4)5/h13-15H,6-12H2,1-5H3/t13-,14-,15+/m0/s1. The highest BCUT2D eigenvalue weighted by atomic mass is 16.6. The summed E-state index contributed by atoms with van der Waals surface area (Å²) in [7, 11) is 0. The number of hydrogen-bond donors (Lipinski definition) is 0. The van der Waals surface area contributed by atoms with Crippen LogP contribution in [0, 0.1) is 11.8 Å². The molecular formula is C18H32N2O3. The molecule has 132 valence electrons. The average Bonchev–Trinajstić information content (AvgIpc) is 2.45. The molecule has 1 heterocycles. The molecule has 23 heavy (non-hydrogen) atoms. The number of piperazine rings is 1. The van der Waals surface area contributed by atoms with E-state index < -0.39 is 5.60 Å². The average molecular weight is 324 g/mol. The highest BCUT2D eigenvalue weighted by Gasteiger charge is 2.35. The van der Waals surface area contributed by atoms with Gasteiger partial charge in [-0.2, -0.15) is 0 Å². The minimum absolute atomic E-state index is 0.00469. The van der Waals surface area contributed by atoms with E-state index in [1.807, 2.05) is 32.6 Å². The normalized spacial score (nSPS) is 29.3. The molecule has 0 bridgehead atoms. The smallest absolute Gasteiger partial charge is 0.410 e. The van der Waals surface area contributed by atoms with Crippen molar-refractivity contribution in [3.63, 3.8) is 0 Å². The number of rotatable bonds is 1. The van der Waals surface area contributed by atoms with Crippen molar-refractivity contribution in [3.8, 4) is 0 Å². The fourth-order valence-corrected chi connectivity index (χ4v) is 3.51. The first kappa shape index (κ1) is 18.1. The Morgan fingerprint density at radius 2 is 1.61 bits per heavy atom. The first-order chi connectivity index (χ1) is 10.7. The largest absolute Gasteiger partial charge is 0.444 e. The monoisotopic (exact) mass is 324 g/mol. The molecule has 5 nitrogen and oxygen atoms in total. The number of nitrogens with zero attached hydrogens (tertiary/aromatic N) is 2.